The summed E-state index contributed by atoms with van der Waals surface area (Å²) in [6.45, 7) is -0.159. The highest BCUT2D eigenvalue weighted by Gasteiger charge is 2.32. The van der Waals surface area contributed by atoms with Gasteiger partial charge in [-0.05, 0) is 60.2 Å². The molecule has 0 heterocycles. The SMILES string of the molecule is NCCCCC(NC(=O)C(Cc1ccc(O)cc1)NC(=O)C(Cc1ccccc1)NC(=O)C(Cc1ccccc1)NC(=O)CNC(=O)OCc1ccccc1)C(=O)O. The smallest absolute Gasteiger partial charge is 0.407 e. The maximum atomic E-state index is 14.2. The lowest BCUT2D eigenvalue weighted by molar-refractivity contribution is -0.142. The Kier molecular flexibility index (Phi) is 17.7. The molecule has 0 aliphatic rings. The number of phenols is 1. The van der Waals surface area contributed by atoms with Crippen molar-refractivity contribution >= 4 is 35.7 Å². The zero-order valence-corrected chi connectivity index (χ0v) is 32.0. The van der Waals surface area contributed by atoms with Gasteiger partial charge in [0, 0.05) is 19.3 Å². The fourth-order valence-electron chi connectivity index (χ4n) is 5.93. The number of amides is 5. The Hall–Kier alpha value is -6.74. The fraction of sp³-hybridized carbons (Fsp3) is 0.302. The van der Waals surface area contributed by atoms with Crippen LogP contribution in [0.4, 0.5) is 4.79 Å². The Bertz CT molecular complexity index is 1930. The number of hydrogen-bond acceptors (Lipinski definition) is 9. The molecule has 0 aliphatic carbocycles. The molecule has 4 aromatic rings. The van der Waals surface area contributed by atoms with Crippen molar-refractivity contribution in [2.75, 3.05) is 13.1 Å². The molecular formula is C43H50N6O9. The molecule has 9 N–H and O–H groups in total. The Morgan fingerprint density at radius 2 is 0.983 bits per heavy atom. The molecule has 0 fully saturated rings. The lowest BCUT2D eigenvalue weighted by Gasteiger charge is -2.26. The van der Waals surface area contributed by atoms with Crippen LogP contribution >= 0.6 is 0 Å². The summed E-state index contributed by atoms with van der Waals surface area (Å²) >= 11 is 0. The second-order valence-corrected chi connectivity index (χ2v) is 13.6. The summed E-state index contributed by atoms with van der Waals surface area (Å²) in [5, 5.41) is 32.7. The van der Waals surface area contributed by atoms with E-state index in [9.17, 15) is 39.0 Å². The maximum Gasteiger partial charge on any atom is 0.407 e. The van der Waals surface area contributed by atoms with Crippen molar-refractivity contribution in [1.29, 1.82) is 0 Å². The third-order valence-corrected chi connectivity index (χ3v) is 9.03. The van der Waals surface area contributed by atoms with Gasteiger partial charge in [0.25, 0.3) is 0 Å². The number of hydrogen-bond donors (Lipinski definition) is 8. The number of unbranched alkanes of at least 4 members (excludes halogenated alkanes) is 1. The topological polar surface area (TPSA) is 238 Å². The minimum Gasteiger partial charge on any atom is -0.508 e. The molecule has 0 bridgehead atoms. The highest BCUT2D eigenvalue weighted by Crippen LogP contribution is 2.13. The lowest BCUT2D eigenvalue weighted by Crippen LogP contribution is -2.59. The number of nitrogens with two attached hydrogens (primary N) is 1. The molecule has 4 aromatic carbocycles. The van der Waals surface area contributed by atoms with Gasteiger partial charge in [-0.1, -0.05) is 103 Å². The molecule has 58 heavy (non-hydrogen) atoms. The average molecular weight is 795 g/mol. The summed E-state index contributed by atoms with van der Waals surface area (Å²) in [5.41, 5.74) is 8.26. The first-order chi connectivity index (χ1) is 28.0. The highest BCUT2D eigenvalue weighted by molar-refractivity contribution is 5.95. The molecule has 0 aliphatic heterocycles. The van der Waals surface area contributed by atoms with Gasteiger partial charge in [-0.25, -0.2) is 9.59 Å². The van der Waals surface area contributed by atoms with Gasteiger partial charge in [-0.15, -0.1) is 0 Å². The molecule has 306 valence electrons. The van der Waals surface area contributed by atoms with Crippen LogP contribution in [0.5, 0.6) is 5.75 Å². The van der Waals surface area contributed by atoms with E-state index in [0.717, 1.165) is 5.56 Å². The maximum absolute atomic E-state index is 14.2. The number of nitrogens with one attached hydrogen (secondary N) is 5. The van der Waals surface area contributed by atoms with Crippen LogP contribution < -0.4 is 32.3 Å². The fourth-order valence-corrected chi connectivity index (χ4v) is 5.93. The number of carboxylic acid groups (broad SMARTS) is 1. The van der Waals surface area contributed by atoms with Crippen molar-refractivity contribution in [2.45, 2.75) is 69.3 Å². The largest absolute Gasteiger partial charge is 0.508 e. The molecule has 0 spiro atoms. The minimum absolute atomic E-state index is 0.00934. The molecule has 5 amide bonds. The third-order valence-electron chi connectivity index (χ3n) is 9.03. The van der Waals surface area contributed by atoms with E-state index >= 15 is 0 Å². The summed E-state index contributed by atoms with van der Waals surface area (Å²) in [4.78, 5) is 79.5. The van der Waals surface area contributed by atoms with E-state index in [1.807, 2.05) is 6.07 Å². The van der Waals surface area contributed by atoms with Crippen LogP contribution in [0.2, 0.25) is 0 Å². The number of aliphatic carboxylic acids is 1. The Labute approximate surface area is 336 Å². The van der Waals surface area contributed by atoms with E-state index in [0.29, 0.717) is 36.1 Å². The number of ether oxygens (including phenoxy) is 1. The summed E-state index contributed by atoms with van der Waals surface area (Å²) in [5.74, 6) is -4.19. The summed E-state index contributed by atoms with van der Waals surface area (Å²) in [6, 6.07) is 27.7. The molecule has 4 atom stereocenters. The highest BCUT2D eigenvalue weighted by atomic mass is 16.5. The van der Waals surface area contributed by atoms with E-state index in [1.165, 1.54) is 12.1 Å². The second-order valence-electron chi connectivity index (χ2n) is 13.6. The third kappa shape index (κ3) is 15.4. The molecular weight excluding hydrogens is 745 g/mol. The van der Waals surface area contributed by atoms with E-state index in [1.54, 1.807) is 97.1 Å². The first kappa shape index (κ1) is 44.0. The van der Waals surface area contributed by atoms with E-state index in [2.05, 4.69) is 26.6 Å². The van der Waals surface area contributed by atoms with Gasteiger partial charge in [0.1, 0.15) is 43.1 Å². The number of carbonyl (C=O) groups excluding carboxylic acids is 5. The van der Waals surface area contributed by atoms with Crippen molar-refractivity contribution in [3.05, 3.63) is 138 Å². The standard InChI is InChI=1S/C43H50N6O9/c44-23-11-10-18-34(42(55)56)47-40(53)37(26-31-19-21-33(50)22-20-31)49-41(54)36(25-30-14-6-2-7-15-30)48-39(52)35(24-29-12-4-1-5-13-29)46-38(51)27-45-43(57)58-28-32-16-8-3-9-17-32/h1-9,12-17,19-22,34-37,50H,10-11,18,23-28,44H2,(H,45,57)(H,46,51)(H,47,53)(H,48,52)(H,49,54)(H,55,56). The summed E-state index contributed by atoms with van der Waals surface area (Å²) < 4.78 is 5.18. The Morgan fingerprint density at radius 1 is 0.552 bits per heavy atom. The van der Waals surface area contributed by atoms with E-state index in [4.69, 9.17) is 10.5 Å². The zero-order valence-electron chi connectivity index (χ0n) is 32.0. The van der Waals surface area contributed by atoms with Crippen LogP contribution in [-0.4, -0.2) is 83.2 Å². The van der Waals surface area contributed by atoms with Gasteiger partial charge in [-0.3, -0.25) is 19.2 Å². The van der Waals surface area contributed by atoms with Gasteiger partial charge in [0.15, 0.2) is 0 Å². The van der Waals surface area contributed by atoms with Gasteiger partial charge < -0.3 is 47.3 Å². The van der Waals surface area contributed by atoms with Crippen molar-refractivity contribution in [3.8, 4) is 5.75 Å². The number of aromatic hydroxyl groups is 1. The number of rotatable bonds is 22. The number of alkyl carbamates (subject to hydrolysis) is 1. The molecule has 15 nitrogen and oxygen atoms in total. The molecule has 0 aromatic heterocycles. The predicted molar refractivity (Wildman–Crippen MR) is 215 cm³/mol. The van der Waals surface area contributed by atoms with Crippen LogP contribution in [0.3, 0.4) is 0 Å². The van der Waals surface area contributed by atoms with Crippen molar-refractivity contribution < 1.29 is 43.7 Å². The molecule has 0 radical (unpaired) electrons. The number of carboxylic acids is 1. The first-order valence-electron chi connectivity index (χ1n) is 18.9. The van der Waals surface area contributed by atoms with Gasteiger partial charge in [0.05, 0.1) is 0 Å². The Morgan fingerprint density at radius 3 is 1.45 bits per heavy atom. The average Bonchev–Trinajstić information content (AvgIpc) is 3.22. The summed E-state index contributed by atoms with van der Waals surface area (Å²) in [7, 11) is 0. The summed E-state index contributed by atoms with van der Waals surface area (Å²) in [6.07, 6.45) is 0.225. The number of carbonyl (C=O) groups is 6. The number of benzene rings is 4. The lowest BCUT2D eigenvalue weighted by atomic mass is 10.0. The first-order valence-corrected chi connectivity index (χ1v) is 18.9. The monoisotopic (exact) mass is 794 g/mol. The molecule has 15 heteroatoms. The van der Waals surface area contributed by atoms with E-state index in [-0.39, 0.29) is 38.0 Å². The van der Waals surface area contributed by atoms with Gasteiger partial charge in [-0.2, -0.15) is 0 Å². The van der Waals surface area contributed by atoms with Gasteiger partial charge >= 0.3 is 12.1 Å². The van der Waals surface area contributed by atoms with Crippen LogP contribution in [-0.2, 0) is 54.6 Å². The Balaban J connectivity index is 1.53. The molecule has 0 saturated carbocycles. The molecule has 0 saturated heterocycles. The van der Waals surface area contributed by atoms with Crippen LogP contribution in [0.15, 0.2) is 115 Å². The minimum atomic E-state index is -1.30. The predicted octanol–water partition coefficient (Wildman–Crippen LogP) is 2.50. The van der Waals surface area contributed by atoms with Crippen LogP contribution in [0.1, 0.15) is 41.5 Å². The van der Waals surface area contributed by atoms with Crippen LogP contribution in [0.25, 0.3) is 0 Å². The van der Waals surface area contributed by atoms with Crippen molar-refractivity contribution in [3.63, 3.8) is 0 Å². The number of phenolic OH excluding ortho intramolecular Hbond substituents is 1. The van der Waals surface area contributed by atoms with E-state index < -0.39 is 66.4 Å². The molecule has 4 unspecified atom stereocenters. The molecule has 4 rings (SSSR count). The quantitative estimate of drug-likeness (QED) is 0.0541. The second kappa shape index (κ2) is 23.4. The zero-order chi connectivity index (χ0) is 41.7. The van der Waals surface area contributed by atoms with Gasteiger partial charge in [0.2, 0.25) is 23.6 Å². The van der Waals surface area contributed by atoms with Crippen LogP contribution in [0, 0.1) is 0 Å². The van der Waals surface area contributed by atoms with Crippen molar-refractivity contribution in [2.24, 2.45) is 5.73 Å². The van der Waals surface area contributed by atoms with Crippen molar-refractivity contribution in [1.82, 2.24) is 26.6 Å². The normalized spacial score (nSPS) is 12.8.